The first-order chi connectivity index (χ1) is 19.1. The zero-order valence-electron chi connectivity index (χ0n) is 24.4. The predicted octanol–water partition coefficient (Wildman–Crippen LogP) is 3.68. The Morgan fingerprint density at radius 3 is 2.52 bits per heavy atom. The van der Waals surface area contributed by atoms with Crippen LogP contribution in [-0.2, 0) is 21.4 Å². The molecule has 214 valence electrons. The van der Waals surface area contributed by atoms with Crippen LogP contribution in [0.15, 0.2) is 36.4 Å². The molecule has 0 radical (unpaired) electrons. The van der Waals surface area contributed by atoms with E-state index in [1.807, 2.05) is 17.0 Å². The largest absolute Gasteiger partial charge is 0.378 e. The number of carbonyl (C=O) groups is 1. The lowest BCUT2D eigenvalue weighted by Crippen LogP contribution is -2.63. The lowest BCUT2D eigenvalue weighted by molar-refractivity contribution is -0.121. The fraction of sp³-hybridized carbons (Fsp3) is 0.562. The van der Waals surface area contributed by atoms with Gasteiger partial charge >= 0.3 is 0 Å². The number of nitriles is 1. The zero-order chi connectivity index (χ0) is 28.6. The molecule has 0 unspecified atom stereocenters. The summed E-state index contributed by atoms with van der Waals surface area (Å²) in [5.41, 5.74) is 4.04. The van der Waals surface area contributed by atoms with E-state index in [1.54, 1.807) is 12.1 Å². The molecule has 2 aromatic rings. The van der Waals surface area contributed by atoms with Gasteiger partial charge in [0, 0.05) is 61.4 Å². The number of morpholine rings is 1. The van der Waals surface area contributed by atoms with Gasteiger partial charge in [0.1, 0.15) is 5.82 Å². The number of rotatable bonds is 6. The van der Waals surface area contributed by atoms with Gasteiger partial charge in [-0.15, -0.1) is 0 Å². The van der Waals surface area contributed by atoms with Gasteiger partial charge in [0.2, 0.25) is 5.91 Å². The SMILES string of the molecule is C[C@@H]1CN(CC(=O)N2CC(C)(C)c3cc(C#N)c(Cc4ccc(F)cc4)cc32)[C@@H](CN2[C@H](C)COC[C@H]2C)CN1. The predicted molar refractivity (Wildman–Crippen MR) is 155 cm³/mol. The summed E-state index contributed by atoms with van der Waals surface area (Å²) in [5, 5.41) is 13.6. The maximum absolute atomic E-state index is 14.0. The maximum Gasteiger partial charge on any atom is 0.241 e. The number of piperazine rings is 1. The summed E-state index contributed by atoms with van der Waals surface area (Å²) >= 11 is 0. The summed E-state index contributed by atoms with van der Waals surface area (Å²) in [7, 11) is 0. The van der Waals surface area contributed by atoms with Gasteiger partial charge in [-0.3, -0.25) is 14.6 Å². The van der Waals surface area contributed by atoms with E-state index >= 15 is 0 Å². The van der Waals surface area contributed by atoms with E-state index in [2.05, 4.69) is 55.8 Å². The van der Waals surface area contributed by atoms with Crippen LogP contribution >= 0.6 is 0 Å². The molecule has 2 aromatic carbocycles. The van der Waals surface area contributed by atoms with Crippen molar-refractivity contribution in [2.45, 2.75) is 70.6 Å². The van der Waals surface area contributed by atoms with Gasteiger partial charge in [-0.2, -0.15) is 5.26 Å². The van der Waals surface area contributed by atoms with Crippen molar-refractivity contribution in [1.82, 2.24) is 15.1 Å². The first-order valence-corrected chi connectivity index (χ1v) is 14.5. The molecule has 0 bridgehead atoms. The first-order valence-electron chi connectivity index (χ1n) is 14.5. The number of benzene rings is 2. The average molecular weight is 548 g/mol. The van der Waals surface area contributed by atoms with Crippen molar-refractivity contribution in [3.63, 3.8) is 0 Å². The fourth-order valence-electron chi connectivity index (χ4n) is 6.56. The van der Waals surface area contributed by atoms with Crippen LogP contribution in [0.25, 0.3) is 0 Å². The molecule has 3 heterocycles. The van der Waals surface area contributed by atoms with Gasteiger partial charge in [0.25, 0.3) is 0 Å². The Bertz CT molecular complexity index is 1260. The number of ether oxygens (including phenoxy) is 1. The van der Waals surface area contributed by atoms with Gasteiger partial charge in [-0.1, -0.05) is 26.0 Å². The Morgan fingerprint density at radius 2 is 1.85 bits per heavy atom. The molecule has 7 nitrogen and oxygen atoms in total. The molecular formula is C32H42FN5O2. The van der Waals surface area contributed by atoms with Crippen LogP contribution in [0.2, 0.25) is 0 Å². The molecule has 2 saturated heterocycles. The summed E-state index contributed by atoms with van der Waals surface area (Å²) in [6.07, 6.45) is 0.506. The van der Waals surface area contributed by atoms with Gasteiger partial charge in [0.15, 0.2) is 0 Å². The molecule has 5 rings (SSSR count). The van der Waals surface area contributed by atoms with Crippen molar-refractivity contribution in [1.29, 1.82) is 5.26 Å². The maximum atomic E-state index is 14.0. The van der Waals surface area contributed by atoms with Crippen molar-refractivity contribution in [3.05, 3.63) is 64.5 Å². The molecule has 40 heavy (non-hydrogen) atoms. The average Bonchev–Trinajstić information content (AvgIpc) is 3.18. The third-order valence-corrected chi connectivity index (χ3v) is 8.86. The van der Waals surface area contributed by atoms with E-state index in [1.165, 1.54) is 12.1 Å². The Balaban J connectivity index is 1.38. The normalized spacial score (nSPS) is 26.9. The second-order valence-corrected chi connectivity index (χ2v) is 12.6. The highest BCUT2D eigenvalue weighted by Crippen LogP contribution is 2.42. The highest BCUT2D eigenvalue weighted by Gasteiger charge is 2.40. The number of anilines is 1. The summed E-state index contributed by atoms with van der Waals surface area (Å²) < 4.78 is 19.2. The Hall–Kier alpha value is -2.83. The van der Waals surface area contributed by atoms with E-state index in [0.717, 1.165) is 55.2 Å². The van der Waals surface area contributed by atoms with Crippen molar-refractivity contribution >= 4 is 11.6 Å². The number of halogens is 1. The molecule has 3 aliphatic rings. The van der Waals surface area contributed by atoms with Crippen LogP contribution in [0, 0.1) is 17.1 Å². The van der Waals surface area contributed by atoms with Crippen molar-refractivity contribution in [3.8, 4) is 6.07 Å². The number of fused-ring (bicyclic) bond motifs is 1. The quantitative estimate of drug-likeness (QED) is 0.595. The Morgan fingerprint density at radius 1 is 1.15 bits per heavy atom. The summed E-state index contributed by atoms with van der Waals surface area (Å²) in [6, 6.07) is 13.9. The van der Waals surface area contributed by atoms with Crippen LogP contribution in [0.1, 0.15) is 56.9 Å². The highest BCUT2D eigenvalue weighted by molar-refractivity contribution is 5.98. The number of amides is 1. The number of nitrogens with one attached hydrogen (secondary N) is 1. The first kappa shape index (κ1) is 28.7. The molecule has 0 aromatic heterocycles. The number of nitrogens with zero attached hydrogens (tertiary/aromatic N) is 4. The Labute approximate surface area is 237 Å². The molecule has 0 aliphatic carbocycles. The molecule has 0 saturated carbocycles. The minimum atomic E-state index is -0.283. The smallest absolute Gasteiger partial charge is 0.241 e. The van der Waals surface area contributed by atoms with Crippen LogP contribution in [0.5, 0.6) is 0 Å². The van der Waals surface area contributed by atoms with Gasteiger partial charge < -0.3 is 15.0 Å². The summed E-state index contributed by atoms with van der Waals surface area (Å²) in [4.78, 5) is 20.8. The van der Waals surface area contributed by atoms with Gasteiger partial charge in [-0.25, -0.2) is 4.39 Å². The highest BCUT2D eigenvalue weighted by atomic mass is 19.1. The topological polar surface area (TPSA) is 71.8 Å². The van der Waals surface area contributed by atoms with Crippen LogP contribution < -0.4 is 10.2 Å². The fourth-order valence-corrected chi connectivity index (χ4v) is 6.56. The molecule has 1 amide bonds. The van der Waals surface area contributed by atoms with E-state index in [4.69, 9.17) is 4.74 Å². The van der Waals surface area contributed by atoms with E-state index < -0.39 is 0 Å². The zero-order valence-corrected chi connectivity index (χ0v) is 24.4. The number of carbonyl (C=O) groups excluding carboxylic acids is 1. The lowest BCUT2D eigenvalue weighted by atomic mass is 9.84. The van der Waals surface area contributed by atoms with Crippen LogP contribution in [0.3, 0.4) is 0 Å². The monoisotopic (exact) mass is 547 g/mol. The number of hydrogen-bond donors (Lipinski definition) is 1. The third kappa shape index (κ3) is 5.94. The minimum Gasteiger partial charge on any atom is -0.378 e. The van der Waals surface area contributed by atoms with Crippen molar-refractivity contribution in [2.24, 2.45) is 0 Å². The lowest BCUT2D eigenvalue weighted by Gasteiger charge is -2.46. The van der Waals surface area contributed by atoms with E-state index in [-0.39, 0.29) is 23.2 Å². The minimum absolute atomic E-state index is 0.0893. The van der Waals surface area contributed by atoms with Crippen LogP contribution in [0.4, 0.5) is 10.1 Å². The van der Waals surface area contributed by atoms with Crippen molar-refractivity contribution < 1.29 is 13.9 Å². The molecule has 0 spiro atoms. The van der Waals surface area contributed by atoms with Gasteiger partial charge in [0.05, 0.1) is 31.4 Å². The second-order valence-electron chi connectivity index (χ2n) is 12.6. The number of hydrogen-bond acceptors (Lipinski definition) is 6. The second kappa shape index (κ2) is 11.6. The van der Waals surface area contributed by atoms with Crippen molar-refractivity contribution in [2.75, 3.05) is 50.8 Å². The summed E-state index contributed by atoms with van der Waals surface area (Å²) in [6.45, 7) is 15.8. The molecule has 3 aliphatic heterocycles. The van der Waals surface area contributed by atoms with E-state index in [0.29, 0.717) is 43.2 Å². The molecular weight excluding hydrogens is 505 g/mol. The third-order valence-electron chi connectivity index (χ3n) is 8.86. The Kier molecular flexibility index (Phi) is 8.30. The van der Waals surface area contributed by atoms with E-state index in [9.17, 15) is 14.4 Å². The summed E-state index contributed by atoms with van der Waals surface area (Å²) in [5.74, 6) is -0.193. The molecule has 2 fully saturated rings. The molecule has 8 heteroatoms. The standard InChI is InChI=1S/C32H42FN5O2/c1-21-15-36(28(14-35-21)16-37-22(2)18-40-19-23(37)3)17-31(39)38-20-32(4,5)29-11-26(13-34)25(12-30(29)38)10-24-6-8-27(33)9-7-24/h6-9,11-12,21-23,28,35H,10,14-20H2,1-5H3/t21-,22-,23-,28-/m1/s1. The van der Waals surface area contributed by atoms with Gasteiger partial charge in [-0.05, 0) is 68.1 Å². The van der Waals surface area contributed by atoms with Crippen LogP contribution in [-0.4, -0.2) is 85.8 Å². The molecule has 1 N–H and O–H groups in total. The molecule has 4 atom stereocenters.